The van der Waals surface area contributed by atoms with Crippen molar-refractivity contribution in [2.24, 2.45) is 5.14 Å². The topological polar surface area (TPSA) is 63.4 Å². The van der Waals surface area contributed by atoms with Crippen LogP contribution in [-0.4, -0.2) is 21.5 Å². The Balaban J connectivity index is 2.67. The lowest BCUT2D eigenvalue weighted by molar-refractivity contribution is 0.597. The first-order valence-electron chi connectivity index (χ1n) is 9.05. The summed E-state index contributed by atoms with van der Waals surface area (Å²) >= 11 is 6.60. The zero-order chi connectivity index (χ0) is 19.2. The van der Waals surface area contributed by atoms with Crippen molar-refractivity contribution >= 4 is 27.3 Å². The Morgan fingerprint density at radius 2 is 1.54 bits per heavy atom. The molecule has 0 radical (unpaired) electrons. The normalized spacial score (nSPS) is 11.5. The summed E-state index contributed by atoms with van der Waals surface area (Å²) in [6.07, 6.45) is 4.12. The number of primary sulfonamides is 1. The fourth-order valence-electron chi connectivity index (χ4n) is 2.96. The minimum absolute atomic E-state index is 0.0214. The highest BCUT2D eigenvalue weighted by molar-refractivity contribution is 7.89. The molecule has 4 nitrogen and oxygen atoms in total. The van der Waals surface area contributed by atoms with Crippen LogP contribution in [0.5, 0.6) is 0 Å². The summed E-state index contributed by atoms with van der Waals surface area (Å²) in [6, 6.07) is 13.2. The van der Waals surface area contributed by atoms with Crippen LogP contribution < -0.4 is 10.0 Å². The Hall–Kier alpha value is -1.56. The highest BCUT2D eigenvalue weighted by Gasteiger charge is 2.23. The van der Waals surface area contributed by atoms with Gasteiger partial charge in [-0.25, -0.2) is 13.6 Å². The molecule has 0 aliphatic heterocycles. The third kappa shape index (κ3) is 5.00. The molecule has 0 saturated carbocycles. The van der Waals surface area contributed by atoms with Crippen molar-refractivity contribution in [1.82, 2.24) is 0 Å². The number of halogens is 1. The molecule has 26 heavy (non-hydrogen) atoms. The van der Waals surface area contributed by atoms with Crippen molar-refractivity contribution in [2.45, 2.75) is 44.4 Å². The van der Waals surface area contributed by atoms with E-state index >= 15 is 0 Å². The molecule has 0 atom stereocenters. The molecule has 0 aliphatic rings. The standard InChI is InChI=1S/C20H27ClN2O2S/c1-3-5-14-23(15-6-4-2)20-17(16-10-8-7-9-11-16)12-13-18(19(20)21)26(22,24)25/h7-13H,3-6,14-15H2,1-2H3,(H2,22,24,25). The van der Waals surface area contributed by atoms with Crippen LogP contribution in [0.15, 0.2) is 47.4 Å². The van der Waals surface area contributed by atoms with Gasteiger partial charge in [-0.1, -0.05) is 74.7 Å². The number of benzene rings is 2. The number of anilines is 1. The molecule has 0 spiro atoms. The largest absolute Gasteiger partial charge is 0.370 e. The van der Waals surface area contributed by atoms with Crippen molar-refractivity contribution in [3.05, 3.63) is 47.5 Å². The molecule has 0 amide bonds. The Morgan fingerprint density at radius 1 is 0.962 bits per heavy atom. The van der Waals surface area contributed by atoms with Crippen LogP contribution in [0.4, 0.5) is 5.69 Å². The fourth-order valence-corrected chi connectivity index (χ4v) is 4.17. The minimum Gasteiger partial charge on any atom is -0.370 e. The number of nitrogens with two attached hydrogens (primary N) is 1. The van der Waals surface area contributed by atoms with Crippen LogP contribution >= 0.6 is 11.6 Å². The first kappa shape index (κ1) is 20.7. The molecule has 0 fully saturated rings. The summed E-state index contributed by atoms with van der Waals surface area (Å²) < 4.78 is 24.0. The van der Waals surface area contributed by atoms with E-state index in [-0.39, 0.29) is 9.92 Å². The van der Waals surface area contributed by atoms with Crippen molar-refractivity contribution in [1.29, 1.82) is 0 Å². The van der Waals surface area contributed by atoms with E-state index in [1.165, 1.54) is 6.07 Å². The zero-order valence-electron chi connectivity index (χ0n) is 15.4. The molecular formula is C20H27ClN2O2S. The van der Waals surface area contributed by atoms with Gasteiger partial charge in [-0.05, 0) is 24.5 Å². The van der Waals surface area contributed by atoms with E-state index in [4.69, 9.17) is 16.7 Å². The van der Waals surface area contributed by atoms with Gasteiger partial charge in [-0.15, -0.1) is 0 Å². The van der Waals surface area contributed by atoms with E-state index in [0.717, 1.165) is 55.6 Å². The van der Waals surface area contributed by atoms with Crippen molar-refractivity contribution in [3.8, 4) is 11.1 Å². The smallest absolute Gasteiger partial charge is 0.239 e. The van der Waals surface area contributed by atoms with E-state index in [1.807, 2.05) is 30.3 Å². The Kier molecular flexibility index (Phi) is 7.50. The lowest BCUT2D eigenvalue weighted by Gasteiger charge is -2.29. The number of sulfonamides is 1. The minimum atomic E-state index is -3.89. The summed E-state index contributed by atoms with van der Waals surface area (Å²) in [5.74, 6) is 0. The maximum Gasteiger partial charge on any atom is 0.239 e. The molecule has 0 unspecified atom stereocenters. The van der Waals surface area contributed by atoms with Gasteiger partial charge in [0.15, 0.2) is 0 Å². The van der Waals surface area contributed by atoms with Crippen LogP contribution in [0.1, 0.15) is 39.5 Å². The molecule has 2 aromatic rings. The summed E-state index contributed by atoms with van der Waals surface area (Å²) in [6.45, 7) is 5.92. The second-order valence-electron chi connectivity index (χ2n) is 6.38. The number of hydrogen-bond donors (Lipinski definition) is 1. The average molecular weight is 395 g/mol. The third-order valence-electron chi connectivity index (χ3n) is 4.35. The van der Waals surface area contributed by atoms with Gasteiger partial charge >= 0.3 is 0 Å². The van der Waals surface area contributed by atoms with Crippen molar-refractivity contribution in [3.63, 3.8) is 0 Å². The summed E-state index contributed by atoms with van der Waals surface area (Å²) in [5.41, 5.74) is 2.69. The van der Waals surface area contributed by atoms with E-state index in [9.17, 15) is 8.42 Å². The molecule has 2 rings (SSSR count). The average Bonchev–Trinajstić information content (AvgIpc) is 2.62. The van der Waals surface area contributed by atoms with E-state index in [2.05, 4.69) is 18.7 Å². The molecule has 0 aromatic heterocycles. The van der Waals surface area contributed by atoms with Gasteiger partial charge in [0.1, 0.15) is 4.90 Å². The second-order valence-corrected chi connectivity index (χ2v) is 8.29. The summed E-state index contributed by atoms with van der Waals surface area (Å²) in [5, 5.41) is 5.59. The Morgan fingerprint density at radius 3 is 2.04 bits per heavy atom. The molecule has 0 bridgehead atoms. The predicted molar refractivity (Wildman–Crippen MR) is 110 cm³/mol. The first-order chi connectivity index (χ1) is 12.4. The van der Waals surface area contributed by atoms with Gasteiger partial charge in [-0.2, -0.15) is 0 Å². The quantitative estimate of drug-likeness (QED) is 0.646. The molecule has 2 aromatic carbocycles. The van der Waals surface area contributed by atoms with Crippen LogP contribution in [0.25, 0.3) is 11.1 Å². The van der Waals surface area contributed by atoms with E-state index in [1.54, 1.807) is 6.07 Å². The van der Waals surface area contributed by atoms with Crippen LogP contribution in [0.3, 0.4) is 0 Å². The Bertz CT molecular complexity index is 815. The van der Waals surface area contributed by atoms with Crippen LogP contribution in [0, 0.1) is 0 Å². The molecular weight excluding hydrogens is 368 g/mol. The SMILES string of the molecule is CCCCN(CCCC)c1c(-c2ccccc2)ccc(S(N)(=O)=O)c1Cl. The summed E-state index contributed by atoms with van der Waals surface area (Å²) in [7, 11) is -3.89. The van der Waals surface area contributed by atoms with Gasteiger partial charge in [0.2, 0.25) is 10.0 Å². The number of hydrogen-bond acceptors (Lipinski definition) is 3. The van der Waals surface area contributed by atoms with Gasteiger partial charge in [-0.3, -0.25) is 0 Å². The van der Waals surface area contributed by atoms with Gasteiger partial charge in [0.25, 0.3) is 0 Å². The molecule has 6 heteroatoms. The predicted octanol–water partition coefficient (Wildman–Crippen LogP) is 5.06. The summed E-state index contributed by atoms with van der Waals surface area (Å²) in [4.78, 5) is 2.18. The monoisotopic (exact) mass is 394 g/mol. The maximum atomic E-state index is 12.0. The molecule has 0 aliphatic carbocycles. The van der Waals surface area contributed by atoms with Gasteiger partial charge in [0.05, 0.1) is 10.7 Å². The van der Waals surface area contributed by atoms with Crippen LogP contribution in [-0.2, 0) is 10.0 Å². The van der Waals surface area contributed by atoms with E-state index in [0.29, 0.717) is 0 Å². The second kappa shape index (κ2) is 9.40. The van der Waals surface area contributed by atoms with Gasteiger partial charge < -0.3 is 4.90 Å². The molecule has 142 valence electrons. The maximum absolute atomic E-state index is 12.0. The molecule has 2 N–H and O–H groups in total. The number of rotatable bonds is 9. The number of nitrogens with zero attached hydrogens (tertiary/aromatic N) is 1. The fraction of sp³-hybridized carbons (Fsp3) is 0.400. The third-order valence-corrected chi connectivity index (χ3v) is 5.80. The highest BCUT2D eigenvalue weighted by Crippen LogP contribution is 2.40. The van der Waals surface area contributed by atoms with Crippen LogP contribution in [0.2, 0.25) is 5.02 Å². The Labute approximate surface area is 162 Å². The van der Waals surface area contributed by atoms with Crippen molar-refractivity contribution in [2.75, 3.05) is 18.0 Å². The van der Waals surface area contributed by atoms with Gasteiger partial charge in [0, 0.05) is 18.7 Å². The highest BCUT2D eigenvalue weighted by atomic mass is 35.5. The van der Waals surface area contributed by atoms with Crippen molar-refractivity contribution < 1.29 is 8.42 Å². The first-order valence-corrected chi connectivity index (χ1v) is 11.0. The zero-order valence-corrected chi connectivity index (χ0v) is 17.0. The lowest BCUT2D eigenvalue weighted by atomic mass is 10.0. The number of unbranched alkanes of at least 4 members (excludes halogenated alkanes) is 2. The van der Waals surface area contributed by atoms with E-state index < -0.39 is 10.0 Å². The molecule has 0 saturated heterocycles. The molecule has 0 heterocycles. The lowest BCUT2D eigenvalue weighted by Crippen LogP contribution is -2.27.